The number of nitrogens with one attached hydrogen (secondary N) is 2. The zero-order valence-corrected chi connectivity index (χ0v) is 14.9. The van der Waals surface area contributed by atoms with Gasteiger partial charge >= 0.3 is 0 Å². The van der Waals surface area contributed by atoms with Gasteiger partial charge in [-0.3, -0.25) is 4.79 Å². The fourth-order valence-electron chi connectivity index (χ4n) is 2.67. The molecule has 1 atom stereocenters. The van der Waals surface area contributed by atoms with Gasteiger partial charge in [-0.15, -0.1) is 0 Å². The molecule has 3 rings (SSSR count). The van der Waals surface area contributed by atoms with Crippen LogP contribution >= 0.6 is 0 Å². The summed E-state index contributed by atoms with van der Waals surface area (Å²) in [6, 6.07) is 19.7. The molecule has 5 nitrogen and oxygen atoms in total. The second-order valence-electron chi connectivity index (χ2n) is 6.21. The molecule has 0 radical (unpaired) electrons. The Labute approximate surface area is 153 Å². The minimum atomic E-state index is -0.218. The molecule has 0 spiro atoms. The Balaban J connectivity index is 1.63. The van der Waals surface area contributed by atoms with Crippen molar-refractivity contribution in [3.63, 3.8) is 0 Å². The second-order valence-corrected chi connectivity index (χ2v) is 6.21. The molecule has 2 aromatic carbocycles. The lowest BCUT2D eigenvalue weighted by atomic mass is 10.1. The number of rotatable bonds is 6. The third-order valence-corrected chi connectivity index (χ3v) is 4.07. The third kappa shape index (κ3) is 4.66. The Morgan fingerprint density at radius 2 is 1.88 bits per heavy atom. The summed E-state index contributed by atoms with van der Waals surface area (Å²) >= 11 is 0. The molecule has 0 aliphatic heterocycles. The number of carbonyl (C=O) groups excluding carboxylic acids is 1. The van der Waals surface area contributed by atoms with Crippen LogP contribution < -0.4 is 10.6 Å². The predicted octanol–water partition coefficient (Wildman–Crippen LogP) is 3.89. The molecule has 1 heterocycles. The van der Waals surface area contributed by atoms with Crippen molar-refractivity contribution >= 4 is 11.9 Å². The van der Waals surface area contributed by atoms with E-state index in [-0.39, 0.29) is 11.9 Å². The van der Waals surface area contributed by atoms with Crippen LogP contribution in [-0.4, -0.2) is 15.9 Å². The maximum Gasteiger partial charge on any atom is 0.270 e. The number of carbonyl (C=O) groups is 1. The van der Waals surface area contributed by atoms with E-state index in [0.29, 0.717) is 18.2 Å². The molecule has 1 unspecified atom stereocenters. The van der Waals surface area contributed by atoms with Gasteiger partial charge in [0, 0.05) is 12.7 Å². The molecule has 0 saturated heterocycles. The molecule has 0 aliphatic rings. The van der Waals surface area contributed by atoms with Gasteiger partial charge in [0.15, 0.2) is 0 Å². The van der Waals surface area contributed by atoms with Crippen molar-refractivity contribution < 1.29 is 4.79 Å². The summed E-state index contributed by atoms with van der Waals surface area (Å²) in [5, 5.41) is 6.13. The highest BCUT2D eigenvalue weighted by molar-refractivity contribution is 5.92. The molecule has 0 aliphatic carbocycles. The van der Waals surface area contributed by atoms with Gasteiger partial charge in [-0.05, 0) is 31.0 Å². The van der Waals surface area contributed by atoms with Gasteiger partial charge in [0.1, 0.15) is 5.69 Å². The Morgan fingerprint density at radius 3 is 2.65 bits per heavy atom. The van der Waals surface area contributed by atoms with Crippen LogP contribution in [0.5, 0.6) is 0 Å². The molecule has 1 aromatic heterocycles. The molecule has 132 valence electrons. The van der Waals surface area contributed by atoms with Crippen LogP contribution in [0.15, 0.2) is 66.9 Å². The lowest BCUT2D eigenvalue weighted by Crippen LogP contribution is -2.24. The number of hydrogen-bond acceptors (Lipinski definition) is 4. The first-order valence-electron chi connectivity index (χ1n) is 8.60. The second kappa shape index (κ2) is 8.25. The smallest absolute Gasteiger partial charge is 0.270 e. The van der Waals surface area contributed by atoms with Crippen LogP contribution in [-0.2, 0) is 6.54 Å². The number of nitrogens with zero attached hydrogens (tertiary/aromatic N) is 2. The molecule has 5 heteroatoms. The van der Waals surface area contributed by atoms with E-state index >= 15 is 0 Å². The van der Waals surface area contributed by atoms with Crippen LogP contribution in [0, 0.1) is 6.92 Å². The molecule has 0 saturated carbocycles. The SMILES string of the molecule is Cc1cccc(CNC(=O)c2ccnc(NC(C)c3ccccc3)n2)c1. The number of aryl methyl sites for hydroxylation is 1. The maximum absolute atomic E-state index is 12.4. The van der Waals surface area contributed by atoms with Crippen molar-refractivity contribution in [2.45, 2.75) is 26.4 Å². The van der Waals surface area contributed by atoms with Crippen molar-refractivity contribution in [3.8, 4) is 0 Å². The highest BCUT2D eigenvalue weighted by atomic mass is 16.1. The lowest BCUT2D eigenvalue weighted by molar-refractivity contribution is 0.0946. The first-order valence-corrected chi connectivity index (χ1v) is 8.60. The fourth-order valence-corrected chi connectivity index (χ4v) is 2.67. The summed E-state index contributed by atoms with van der Waals surface area (Å²) in [7, 11) is 0. The van der Waals surface area contributed by atoms with E-state index in [9.17, 15) is 4.79 Å². The van der Waals surface area contributed by atoms with E-state index < -0.39 is 0 Å². The Morgan fingerprint density at radius 1 is 1.08 bits per heavy atom. The average Bonchev–Trinajstić information content (AvgIpc) is 2.67. The summed E-state index contributed by atoms with van der Waals surface area (Å²) in [5.74, 6) is 0.217. The largest absolute Gasteiger partial charge is 0.348 e. The van der Waals surface area contributed by atoms with Gasteiger partial charge in [0.25, 0.3) is 5.91 Å². The van der Waals surface area contributed by atoms with E-state index in [1.807, 2.05) is 62.4 Å². The molecule has 2 N–H and O–H groups in total. The number of benzene rings is 2. The molecular weight excluding hydrogens is 324 g/mol. The van der Waals surface area contributed by atoms with Gasteiger partial charge in [-0.25, -0.2) is 9.97 Å². The van der Waals surface area contributed by atoms with Crippen LogP contribution in [0.4, 0.5) is 5.95 Å². The summed E-state index contributed by atoms with van der Waals surface area (Å²) in [5.41, 5.74) is 3.70. The number of anilines is 1. The van der Waals surface area contributed by atoms with Crippen LogP contribution in [0.1, 0.15) is 40.1 Å². The Bertz CT molecular complexity index is 880. The van der Waals surface area contributed by atoms with Crippen molar-refractivity contribution in [3.05, 3.63) is 89.2 Å². The van der Waals surface area contributed by atoms with E-state index in [1.54, 1.807) is 12.3 Å². The highest BCUT2D eigenvalue weighted by Gasteiger charge is 2.11. The van der Waals surface area contributed by atoms with Crippen LogP contribution in [0.2, 0.25) is 0 Å². The van der Waals surface area contributed by atoms with Crippen molar-refractivity contribution in [1.29, 1.82) is 0 Å². The number of amides is 1. The molecular formula is C21H22N4O. The number of aromatic nitrogens is 2. The van der Waals surface area contributed by atoms with Gasteiger partial charge in [0.2, 0.25) is 5.95 Å². The quantitative estimate of drug-likeness (QED) is 0.711. The standard InChI is InChI=1S/C21H22N4O/c1-15-7-6-8-17(13-15)14-23-20(26)19-11-12-22-21(25-19)24-16(2)18-9-4-3-5-10-18/h3-13,16H,14H2,1-2H3,(H,23,26)(H,22,24,25). The molecule has 0 bridgehead atoms. The van der Waals surface area contributed by atoms with Gasteiger partial charge < -0.3 is 10.6 Å². The Kier molecular flexibility index (Phi) is 5.59. The van der Waals surface area contributed by atoms with Crippen molar-refractivity contribution in [2.75, 3.05) is 5.32 Å². The number of hydrogen-bond donors (Lipinski definition) is 2. The van der Waals surface area contributed by atoms with Crippen LogP contribution in [0.3, 0.4) is 0 Å². The van der Waals surface area contributed by atoms with E-state index in [0.717, 1.165) is 11.1 Å². The first kappa shape index (κ1) is 17.6. The van der Waals surface area contributed by atoms with Gasteiger partial charge in [0.05, 0.1) is 6.04 Å². The van der Waals surface area contributed by atoms with Gasteiger partial charge in [-0.1, -0.05) is 60.2 Å². The summed E-state index contributed by atoms with van der Waals surface area (Å²) in [4.78, 5) is 20.9. The van der Waals surface area contributed by atoms with E-state index in [4.69, 9.17) is 0 Å². The van der Waals surface area contributed by atoms with E-state index in [1.165, 1.54) is 5.56 Å². The maximum atomic E-state index is 12.4. The first-order chi connectivity index (χ1) is 12.6. The zero-order chi connectivity index (χ0) is 18.4. The lowest BCUT2D eigenvalue weighted by Gasteiger charge is -2.14. The normalized spacial score (nSPS) is 11.6. The Hall–Kier alpha value is -3.21. The molecule has 0 fully saturated rings. The third-order valence-electron chi connectivity index (χ3n) is 4.07. The van der Waals surface area contributed by atoms with Crippen LogP contribution in [0.25, 0.3) is 0 Å². The topological polar surface area (TPSA) is 66.9 Å². The minimum Gasteiger partial charge on any atom is -0.348 e. The average molecular weight is 346 g/mol. The molecule has 1 amide bonds. The van der Waals surface area contributed by atoms with Crippen molar-refractivity contribution in [1.82, 2.24) is 15.3 Å². The fraction of sp³-hybridized carbons (Fsp3) is 0.190. The summed E-state index contributed by atoms with van der Waals surface area (Å²) < 4.78 is 0. The monoisotopic (exact) mass is 346 g/mol. The zero-order valence-electron chi connectivity index (χ0n) is 14.9. The molecule has 26 heavy (non-hydrogen) atoms. The van der Waals surface area contributed by atoms with Crippen molar-refractivity contribution in [2.24, 2.45) is 0 Å². The summed E-state index contributed by atoms with van der Waals surface area (Å²) in [6.07, 6.45) is 1.59. The molecule has 3 aromatic rings. The summed E-state index contributed by atoms with van der Waals surface area (Å²) in [6.45, 7) is 4.53. The predicted molar refractivity (Wildman–Crippen MR) is 103 cm³/mol. The highest BCUT2D eigenvalue weighted by Crippen LogP contribution is 2.16. The van der Waals surface area contributed by atoms with Gasteiger partial charge in [-0.2, -0.15) is 0 Å². The minimum absolute atomic E-state index is 0.0433. The van der Waals surface area contributed by atoms with E-state index in [2.05, 4.69) is 26.7 Å².